The van der Waals surface area contributed by atoms with Crippen LogP contribution in [0.4, 0.5) is 0 Å². The Bertz CT molecular complexity index is 540. The zero-order chi connectivity index (χ0) is 13.0. The molecule has 18 heavy (non-hydrogen) atoms. The third kappa shape index (κ3) is 4.44. The van der Waals surface area contributed by atoms with E-state index in [2.05, 4.69) is 10.2 Å². The zero-order valence-corrected chi connectivity index (χ0v) is 12.5. The molecule has 1 N–H and O–H groups in total. The second kappa shape index (κ2) is 7.56. The van der Waals surface area contributed by atoms with Crippen LogP contribution in [0.3, 0.4) is 0 Å². The predicted octanol–water partition coefficient (Wildman–Crippen LogP) is 1.64. The number of rotatable bonds is 2. The molecule has 0 spiro atoms. The number of aryl methyl sites for hydroxylation is 1. The third-order valence-electron chi connectivity index (χ3n) is 1.87. The summed E-state index contributed by atoms with van der Waals surface area (Å²) in [5, 5.41) is 17.0. The molecule has 0 saturated carbocycles. The van der Waals surface area contributed by atoms with E-state index in [9.17, 15) is 9.90 Å². The number of nitrogens with zero attached hydrogens (tertiary/aromatic N) is 2. The van der Waals surface area contributed by atoms with Crippen LogP contribution in [0.25, 0.3) is 0 Å². The van der Waals surface area contributed by atoms with Crippen molar-refractivity contribution in [2.24, 2.45) is 10.2 Å². The van der Waals surface area contributed by atoms with E-state index >= 15 is 0 Å². The molecule has 0 bridgehead atoms. The largest absolute Gasteiger partial charge is 0.752 e. The van der Waals surface area contributed by atoms with Crippen molar-refractivity contribution < 1.29 is 26.0 Å². The fraction of sp³-hybridized carbons (Fsp3) is 0.300. The van der Waals surface area contributed by atoms with Gasteiger partial charge in [0.05, 0.1) is 5.71 Å². The number of thioether (sulfide) groups is 1. The van der Waals surface area contributed by atoms with Gasteiger partial charge in [0.25, 0.3) is 5.95 Å². The molecule has 1 heterocycles. The van der Waals surface area contributed by atoms with Crippen molar-refractivity contribution in [3.63, 3.8) is 0 Å². The van der Waals surface area contributed by atoms with Gasteiger partial charge in [-0.3, -0.25) is 4.79 Å². The van der Waals surface area contributed by atoms with Crippen LogP contribution in [0.15, 0.2) is 25.5 Å². The van der Waals surface area contributed by atoms with Gasteiger partial charge >= 0.3 is 0 Å². The first-order valence-corrected chi connectivity index (χ1v) is 6.26. The first kappa shape index (κ1) is 17.2. The molecule has 0 unspecified atom stereocenters. The second-order valence-electron chi connectivity index (χ2n) is 3.16. The summed E-state index contributed by atoms with van der Waals surface area (Å²) in [5.41, 5.74) is -0.103. The average Bonchev–Trinajstić information content (AvgIpc) is 2.24. The summed E-state index contributed by atoms with van der Waals surface area (Å²) in [6, 6.07) is 1.28. The molecule has 1 rings (SSSR count). The van der Waals surface area contributed by atoms with Gasteiger partial charge in [0, 0.05) is 22.6 Å². The Labute approximate surface area is 124 Å². The summed E-state index contributed by atoms with van der Waals surface area (Å²) in [7, 11) is 0. The summed E-state index contributed by atoms with van der Waals surface area (Å²) in [5.74, 6) is -0.123. The van der Waals surface area contributed by atoms with Crippen molar-refractivity contribution in [1.29, 1.82) is 0 Å². The first-order chi connectivity index (χ1) is 7.95. The topological polar surface area (TPSA) is 75.2 Å². The molecule has 1 aromatic heterocycles. The van der Waals surface area contributed by atoms with Gasteiger partial charge in [0.1, 0.15) is 11.3 Å². The van der Waals surface area contributed by atoms with E-state index in [1.54, 1.807) is 20.1 Å². The molecule has 102 valence electrons. The van der Waals surface area contributed by atoms with E-state index < -0.39 is 5.95 Å². The Kier molecular flexibility index (Phi) is 7.20. The van der Waals surface area contributed by atoms with E-state index in [0.29, 0.717) is 10.1 Å². The van der Waals surface area contributed by atoms with Gasteiger partial charge in [-0.1, -0.05) is 0 Å². The van der Waals surface area contributed by atoms with E-state index in [0.717, 1.165) is 0 Å². The van der Waals surface area contributed by atoms with Crippen LogP contribution in [0.2, 0.25) is 0 Å². The maximum atomic E-state index is 11.6. The number of aromatic hydroxyl groups is 1. The summed E-state index contributed by atoms with van der Waals surface area (Å²) < 4.78 is 5.29. The van der Waals surface area contributed by atoms with Crippen LogP contribution in [-0.4, -0.2) is 21.4 Å². The van der Waals surface area contributed by atoms with E-state index in [1.807, 2.05) is 0 Å². The fourth-order valence-electron chi connectivity index (χ4n) is 1.13. The van der Waals surface area contributed by atoms with Crippen molar-refractivity contribution in [1.82, 2.24) is 0 Å². The maximum Gasteiger partial charge on any atom is 0.295 e. The second-order valence-corrected chi connectivity index (χ2v) is 4.60. The molecule has 0 radical (unpaired) electrons. The first-order valence-electron chi connectivity index (χ1n) is 4.63. The van der Waals surface area contributed by atoms with E-state index in [-0.39, 0.29) is 33.2 Å². The van der Waals surface area contributed by atoms with Crippen LogP contribution in [0.5, 0.6) is 5.95 Å². The van der Waals surface area contributed by atoms with Gasteiger partial charge in [0.15, 0.2) is 5.43 Å². The van der Waals surface area contributed by atoms with Crippen molar-refractivity contribution in [2.75, 3.05) is 6.26 Å². The monoisotopic (exact) mass is 329 g/mol. The van der Waals surface area contributed by atoms with Gasteiger partial charge in [-0.25, -0.2) is 0 Å². The predicted molar refractivity (Wildman–Crippen MR) is 71.9 cm³/mol. The Morgan fingerprint density at radius 3 is 2.61 bits per heavy atom. The molecule has 0 amide bonds. The summed E-state index contributed by atoms with van der Waals surface area (Å²) in [6.07, 6.45) is 1.77. The normalized spacial score (nSPS) is 12.2. The summed E-state index contributed by atoms with van der Waals surface area (Å²) in [6.45, 7) is 3.12. The Balaban J connectivity index is 0.00000289. The van der Waals surface area contributed by atoms with Gasteiger partial charge in [-0.05, 0) is 24.5 Å². The minimum Gasteiger partial charge on any atom is -0.752 e. The molecule has 0 fully saturated rings. The Hall–Kier alpha value is -0.846. The summed E-state index contributed by atoms with van der Waals surface area (Å²) >= 11 is 6.10. The Morgan fingerprint density at radius 2 is 2.11 bits per heavy atom. The number of hydrogen-bond donors (Lipinski definition) is 1. The molecule has 0 aliphatic rings. The molecule has 0 aromatic carbocycles. The van der Waals surface area contributed by atoms with Crippen LogP contribution < -0.4 is 5.43 Å². The van der Waals surface area contributed by atoms with Crippen molar-refractivity contribution in [3.8, 4) is 5.95 Å². The van der Waals surface area contributed by atoms with Gasteiger partial charge in [0.2, 0.25) is 0 Å². The molecule has 1 aromatic rings. The molecule has 8 heteroatoms. The van der Waals surface area contributed by atoms with Crippen LogP contribution in [0.1, 0.15) is 18.2 Å². The molecule has 0 saturated heterocycles. The molecule has 0 aliphatic carbocycles. The van der Waals surface area contributed by atoms with Gasteiger partial charge in [-0.2, -0.15) is 10.2 Å². The molecular weight excluding hydrogens is 319 g/mol. The summed E-state index contributed by atoms with van der Waals surface area (Å²) in [4.78, 5) is 11.6. The minimum atomic E-state index is -0.457. The molecular formula is C10H11N2NiO3S2-. The smallest absolute Gasteiger partial charge is 0.295 e. The Morgan fingerprint density at radius 1 is 1.50 bits per heavy atom. The van der Waals surface area contributed by atoms with Crippen molar-refractivity contribution >= 4 is 34.5 Å². The van der Waals surface area contributed by atoms with E-state index in [4.69, 9.17) is 17.0 Å². The SMILES string of the molecule is CS/C([S-])=N/N=C(/C)c1c(O)oc(C)cc1=O.[Ni]. The van der Waals surface area contributed by atoms with Crippen molar-refractivity contribution in [2.45, 2.75) is 13.8 Å². The van der Waals surface area contributed by atoms with Gasteiger partial charge < -0.3 is 22.2 Å². The quantitative estimate of drug-likeness (QED) is 0.293. The molecule has 0 atom stereocenters. The minimum absolute atomic E-state index is 0. The third-order valence-corrected chi connectivity index (χ3v) is 2.88. The van der Waals surface area contributed by atoms with Crippen LogP contribution >= 0.6 is 11.8 Å². The molecule has 5 nitrogen and oxygen atoms in total. The van der Waals surface area contributed by atoms with E-state index in [1.165, 1.54) is 17.8 Å². The number of hydrogen-bond acceptors (Lipinski definition) is 7. The van der Waals surface area contributed by atoms with Crippen LogP contribution in [0, 0.1) is 6.92 Å². The fourth-order valence-corrected chi connectivity index (χ4v) is 1.30. The molecule has 0 aliphatic heterocycles. The standard InChI is InChI=1S/C10H12N2O3S2.Ni/c1-5-4-7(13)8(9(14)15-5)6(2)11-12-10(16)17-3;/h4,14H,1-3H3,(H,12,16);/p-1/b11-6-;. The van der Waals surface area contributed by atoms with Gasteiger partial charge in [-0.15, -0.1) is 11.8 Å². The zero-order valence-electron chi connectivity index (χ0n) is 9.87. The van der Waals surface area contributed by atoms with Crippen molar-refractivity contribution in [3.05, 3.63) is 27.6 Å². The maximum absolute atomic E-state index is 11.6. The average molecular weight is 330 g/mol. The van der Waals surface area contributed by atoms with Crippen LogP contribution in [-0.2, 0) is 29.1 Å².